The molecule has 0 aromatic heterocycles. The Bertz CT molecular complexity index is 860. The summed E-state index contributed by atoms with van der Waals surface area (Å²) in [5, 5.41) is 2.80. The van der Waals surface area contributed by atoms with Crippen LogP contribution in [0.4, 0.5) is 14.9 Å². The predicted molar refractivity (Wildman–Crippen MR) is 93.9 cm³/mol. The molecule has 7 nitrogen and oxygen atoms in total. The van der Waals surface area contributed by atoms with Crippen LogP contribution in [0.3, 0.4) is 0 Å². The van der Waals surface area contributed by atoms with Gasteiger partial charge in [-0.25, -0.2) is 9.18 Å². The quantitative estimate of drug-likeness (QED) is 0.374. The molecule has 0 aliphatic heterocycles. The SMILES string of the molecule is NC(=O)/N=C(N)/C(=C\Nc1ccc(-c2ccccc2F)cc1)C(N)=O. The van der Waals surface area contributed by atoms with E-state index in [1.54, 1.807) is 42.5 Å². The molecule has 25 heavy (non-hydrogen) atoms. The number of hydrogen-bond donors (Lipinski definition) is 4. The van der Waals surface area contributed by atoms with E-state index in [-0.39, 0.29) is 11.4 Å². The van der Waals surface area contributed by atoms with Crippen LogP contribution in [0.25, 0.3) is 11.1 Å². The summed E-state index contributed by atoms with van der Waals surface area (Å²) >= 11 is 0. The van der Waals surface area contributed by atoms with Gasteiger partial charge in [-0.3, -0.25) is 4.79 Å². The lowest BCUT2D eigenvalue weighted by molar-refractivity contribution is -0.114. The van der Waals surface area contributed by atoms with Crippen molar-refractivity contribution in [1.82, 2.24) is 0 Å². The Kier molecular flexibility index (Phi) is 5.47. The second kappa shape index (κ2) is 7.73. The number of rotatable bonds is 5. The first kappa shape index (κ1) is 17.7. The van der Waals surface area contributed by atoms with E-state index >= 15 is 0 Å². The minimum absolute atomic E-state index is 0.197. The highest BCUT2D eigenvalue weighted by Gasteiger charge is 2.11. The van der Waals surface area contributed by atoms with Crippen molar-refractivity contribution in [2.75, 3.05) is 5.32 Å². The molecule has 0 radical (unpaired) electrons. The van der Waals surface area contributed by atoms with Gasteiger partial charge in [-0.1, -0.05) is 30.3 Å². The fourth-order valence-electron chi connectivity index (χ4n) is 2.05. The van der Waals surface area contributed by atoms with Crippen molar-refractivity contribution >= 4 is 23.5 Å². The molecule has 0 fully saturated rings. The summed E-state index contributed by atoms with van der Waals surface area (Å²) in [4.78, 5) is 25.4. The van der Waals surface area contributed by atoms with Crippen molar-refractivity contribution in [1.29, 1.82) is 0 Å². The molecule has 0 aliphatic carbocycles. The van der Waals surface area contributed by atoms with Crippen LogP contribution in [0.1, 0.15) is 0 Å². The van der Waals surface area contributed by atoms with E-state index in [2.05, 4.69) is 10.3 Å². The van der Waals surface area contributed by atoms with E-state index in [0.717, 1.165) is 0 Å². The minimum Gasteiger partial charge on any atom is -0.383 e. The number of halogens is 1. The number of nitrogens with one attached hydrogen (secondary N) is 1. The zero-order chi connectivity index (χ0) is 18.4. The number of urea groups is 1. The summed E-state index contributed by atoms with van der Waals surface area (Å²) in [6.45, 7) is 0. The summed E-state index contributed by atoms with van der Waals surface area (Å²) in [6, 6.07) is 12.1. The van der Waals surface area contributed by atoms with Gasteiger partial charge in [0.15, 0.2) is 0 Å². The van der Waals surface area contributed by atoms with Gasteiger partial charge in [-0.15, -0.1) is 0 Å². The second-order valence-electron chi connectivity index (χ2n) is 4.96. The topological polar surface area (TPSA) is 137 Å². The van der Waals surface area contributed by atoms with Crippen molar-refractivity contribution in [3.05, 3.63) is 66.1 Å². The minimum atomic E-state index is -1.04. The third kappa shape index (κ3) is 4.64. The number of hydrogen-bond acceptors (Lipinski definition) is 3. The van der Waals surface area contributed by atoms with Crippen LogP contribution in [0.5, 0.6) is 0 Å². The molecule has 2 aromatic carbocycles. The first-order valence-electron chi connectivity index (χ1n) is 7.14. The molecular formula is C17H16FN5O2. The highest BCUT2D eigenvalue weighted by atomic mass is 19.1. The van der Waals surface area contributed by atoms with Gasteiger partial charge >= 0.3 is 6.03 Å². The summed E-state index contributed by atoms with van der Waals surface area (Å²) < 4.78 is 13.8. The molecule has 0 bridgehead atoms. The van der Waals surface area contributed by atoms with Gasteiger partial charge < -0.3 is 22.5 Å². The molecule has 3 amide bonds. The standard InChI is InChI=1S/C17H16FN5O2/c18-14-4-2-1-3-12(14)10-5-7-11(8-6-10)22-9-13(16(20)24)15(19)23-17(21)25/h1-9,22H,(H2,20,24)(H4,19,21,23,25)/b13-9+. The fraction of sp³-hybridized carbons (Fsp3) is 0. The zero-order valence-corrected chi connectivity index (χ0v) is 13.1. The van der Waals surface area contributed by atoms with E-state index in [0.29, 0.717) is 16.8 Å². The number of aliphatic imine (C=N–C) groups is 1. The number of amidine groups is 1. The van der Waals surface area contributed by atoms with Crippen molar-refractivity contribution in [3.63, 3.8) is 0 Å². The lowest BCUT2D eigenvalue weighted by Crippen LogP contribution is -2.29. The Balaban J connectivity index is 2.21. The van der Waals surface area contributed by atoms with Gasteiger partial charge in [0.2, 0.25) is 0 Å². The molecular weight excluding hydrogens is 325 g/mol. The van der Waals surface area contributed by atoms with Gasteiger partial charge in [0.1, 0.15) is 11.7 Å². The summed E-state index contributed by atoms with van der Waals surface area (Å²) in [7, 11) is 0. The maximum Gasteiger partial charge on any atom is 0.340 e. The molecule has 0 atom stereocenters. The third-order valence-electron chi connectivity index (χ3n) is 3.22. The largest absolute Gasteiger partial charge is 0.383 e. The molecule has 8 heteroatoms. The lowest BCUT2D eigenvalue weighted by atomic mass is 10.0. The van der Waals surface area contributed by atoms with Gasteiger partial charge in [0.05, 0.1) is 5.57 Å². The van der Waals surface area contributed by atoms with Crippen LogP contribution >= 0.6 is 0 Å². The van der Waals surface area contributed by atoms with Crippen molar-refractivity contribution < 1.29 is 14.0 Å². The maximum absolute atomic E-state index is 13.8. The van der Waals surface area contributed by atoms with E-state index < -0.39 is 17.8 Å². The van der Waals surface area contributed by atoms with E-state index in [4.69, 9.17) is 17.2 Å². The molecule has 128 valence electrons. The van der Waals surface area contributed by atoms with Crippen LogP contribution in [-0.2, 0) is 4.79 Å². The molecule has 0 aliphatic rings. The van der Waals surface area contributed by atoms with Gasteiger partial charge in [-0.2, -0.15) is 4.99 Å². The van der Waals surface area contributed by atoms with E-state index in [1.165, 1.54) is 12.3 Å². The van der Waals surface area contributed by atoms with Gasteiger partial charge in [0, 0.05) is 17.5 Å². The molecule has 0 saturated heterocycles. The number of carbonyl (C=O) groups is 2. The maximum atomic E-state index is 13.8. The molecule has 0 unspecified atom stereocenters. The monoisotopic (exact) mass is 341 g/mol. The van der Waals surface area contributed by atoms with Crippen molar-refractivity contribution in [3.8, 4) is 11.1 Å². The first-order valence-corrected chi connectivity index (χ1v) is 7.14. The lowest BCUT2D eigenvalue weighted by Gasteiger charge is -2.07. The molecule has 7 N–H and O–H groups in total. The highest BCUT2D eigenvalue weighted by molar-refractivity contribution is 6.21. The first-order chi connectivity index (χ1) is 11.9. The van der Waals surface area contributed by atoms with E-state index in [1.807, 2.05) is 0 Å². The normalized spacial score (nSPS) is 11.9. The number of amides is 3. The van der Waals surface area contributed by atoms with Gasteiger partial charge in [0.25, 0.3) is 5.91 Å². The van der Waals surface area contributed by atoms with Crippen molar-refractivity contribution in [2.24, 2.45) is 22.2 Å². The fourth-order valence-corrected chi connectivity index (χ4v) is 2.05. The van der Waals surface area contributed by atoms with Crippen molar-refractivity contribution in [2.45, 2.75) is 0 Å². The Labute approximate surface area is 143 Å². The third-order valence-corrected chi connectivity index (χ3v) is 3.22. The highest BCUT2D eigenvalue weighted by Crippen LogP contribution is 2.24. The van der Waals surface area contributed by atoms with Crippen LogP contribution < -0.4 is 22.5 Å². The van der Waals surface area contributed by atoms with E-state index in [9.17, 15) is 14.0 Å². The van der Waals surface area contributed by atoms with Gasteiger partial charge in [-0.05, 0) is 23.8 Å². The Morgan fingerprint density at radius 2 is 1.64 bits per heavy atom. The number of benzene rings is 2. The summed E-state index contributed by atoms with van der Waals surface area (Å²) in [6.07, 6.45) is 1.21. The average molecular weight is 341 g/mol. The molecule has 2 rings (SSSR count). The Morgan fingerprint density at radius 1 is 1.00 bits per heavy atom. The number of nitrogens with zero attached hydrogens (tertiary/aromatic N) is 1. The number of primary amides is 2. The summed E-state index contributed by atoms with van der Waals surface area (Å²) in [5.41, 5.74) is 17.1. The summed E-state index contributed by atoms with van der Waals surface area (Å²) in [5.74, 6) is -1.59. The van der Waals surface area contributed by atoms with Crippen LogP contribution in [-0.4, -0.2) is 17.8 Å². The Hall–Kier alpha value is -3.68. The molecule has 0 heterocycles. The smallest absolute Gasteiger partial charge is 0.340 e. The molecule has 2 aromatic rings. The van der Waals surface area contributed by atoms with Crippen LogP contribution in [0.2, 0.25) is 0 Å². The van der Waals surface area contributed by atoms with Crippen LogP contribution in [0.15, 0.2) is 65.3 Å². The molecule has 0 spiro atoms. The number of anilines is 1. The Morgan fingerprint density at radius 3 is 2.20 bits per heavy atom. The molecule has 0 saturated carbocycles. The van der Waals surface area contributed by atoms with Crippen LogP contribution in [0, 0.1) is 5.82 Å². The number of carbonyl (C=O) groups excluding carboxylic acids is 2. The zero-order valence-electron chi connectivity index (χ0n) is 13.1. The predicted octanol–water partition coefficient (Wildman–Crippen LogP) is 1.71. The number of nitrogens with two attached hydrogens (primary N) is 3. The second-order valence-corrected chi connectivity index (χ2v) is 4.96. The average Bonchev–Trinajstić information content (AvgIpc) is 2.55.